The van der Waals surface area contributed by atoms with Crippen LogP contribution < -0.4 is 10.6 Å². The second-order valence-electron chi connectivity index (χ2n) is 7.15. The molecular weight excluding hydrogens is 444 g/mol. The molecule has 0 aromatic heterocycles. The molecule has 2 N–H and O–H groups in total. The zero-order valence-electron chi connectivity index (χ0n) is 17.8. The van der Waals surface area contributed by atoms with Gasteiger partial charge in [0.2, 0.25) is 17.7 Å². The molecule has 0 atom stereocenters. The van der Waals surface area contributed by atoms with Crippen LogP contribution in [-0.2, 0) is 43.1 Å². The van der Waals surface area contributed by atoms with E-state index in [-0.39, 0.29) is 64.1 Å². The summed E-state index contributed by atoms with van der Waals surface area (Å²) in [7, 11) is 0. The first kappa shape index (κ1) is 25.4. The Morgan fingerprint density at radius 1 is 0.879 bits per heavy atom. The highest BCUT2D eigenvalue weighted by Crippen LogP contribution is 2.13. The normalized spacial score (nSPS) is 16.1. The van der Waals surface area contributed by atoms with Crippen LogP contribution in [0.15, 0.2) is 0 Å². The highest BCUT2D eigenvalue weighted by atomic mass is 16.7. The van der Waals surface area contributed by atoms with Gasteiger partial charge >= 0.3 is 18.0 Å². The summed E-state index contributed by atoms with van der Waals surface area (Å²) in [4.78, 5) is 97.4. The van der Waals surface area contributed by atoms with Crippen LogP contribution in [0.5, 0.6) is 0 Å². The van der Waals surface area contributed by atoms with Crippen molar-refractivity contribution in [2.45, 2.75) is 51.4 Å². The van der Waals surface area contributed by atoms with E-state index in [4.69, 9.17) is 4.74 Å². The van der Waals surface area contributed by atoms with E-state index in [1.807, 2.05) is 5.32 Å². The van der Waals surface area contributed by atoms with Crippen LogP contribution in [0.1, 0.15) is 51.4 Å². The summed E-state index contributed by atoms with van der Waals surface area (Å²) >= 11 is 0. The average Bonchev–Trinajstić information content (AvgIpc) is 3.06. The third-order valence-electron chi connectivity index (χ3n) is 4.56. The van der Waals surface area contributed by atoms with Gasteiger partial charge in [-0.05, 0) is 12.8 Å². The van der Waals surface area contributed by atoms with Gasteiger partial charge in [-0.3, -0.25) is 39.0 Å². The third-order valence-corrected chi connectivity index (χ3v) is 4.56. The van der Waals surface area contributed by atoms with Gasteiger partial charge < -0.3 is 14.9 Å². The minimum absolute atomic E-state index is 0.0304. The molecule has 0 aromatic carbocycles. The van der Waals surface area contributed by atoms with Crippen LogP contribution in [0.4, 0.5) is 4.79 Å². The number of amides is 7. The lowest BCUT2D eigenvalue weighted by Gasteiger charge is -2.24. The minimum Gasteiger partial charge on any atom is -0.464 e. The van der Waals surface area contributed by atoms with Crippen molar-refractivity contribution in [2.75, 3.05) is 19.7 Å². The summed E-state index contributed by atoms with van der Waals surface area (Å²) in [6, 6.07) is -0.770. The van der Waals surface area contributed by atoms with E-state index in [0.717, 1.165) is 4.90 Å². The molecule has 33 heavy (non-hydrogen) atoms. The van der Waals surface area contributed by atoms with Gasteiger partial charge in [0.25, 0.3) is 11.8 Å². The molecule has 2 saturated heterocycles. The number of carbonyl (C=O) groups excluding carboxylic acids is 8. The number of nitrogens with one attached hydrogen (secondary N) is 2. The summed E-state index contributed by atoms with van der Waals surface area (Å²) in [5, 5.41) is 4.96. The van der Waals surface area contributed by atoms with Gasteiger partial charge in [0.1, 0.15) is 13.0 Å². The van der Waals surface area contributed by atoms with Crippen molar-refractivity contribution in [3.05, 3.63) is 0 Å². The van der Waals surface area contributed by atoms with Crippen molar-refractivity contribution in [1.82, 2.24) is 20.6 Å². The maximum Gasteiger partial charge on any atom is 0.333 e. The molecule has 0 radical (unpaired) electrons. The van der Waals surface area contributed by atoms with Crippen LogP contribution in [0.3, 0.4) is 0 Å². The Morgan fingerprint density at radius 2 is 1.55 bits per heavy atom. The van der Waals surface area contributed by atoms with Crippen molar-refractivity contribution in [1.29, 1.82) is 0 Å². The number of unbranched alkanes of at least 4 members (excludes halogenated alkanes) is 1. The summed E-state index contributed by atoms with van der Waals surface area (Å²) < 4.78 is 4.87. The topological polar surface area (TPSA) is 186 Å². The van der Waals surface area contributed by atoms with Gasteiger partial charge in [0, 0.05) is 25.8 Å². The van der Waals surface area contributed by atoms with Gasteiger partial charge in [0.05, 0.1) is 19.4 Å². The van der Waals surface area contributed by atoms with E-state index in [0.29, 0.717) is 17.9 Å². The van der Waals surface area contributed by atoms with E-state index in [1.165, 1.54) is 0 Å². The maximum atomic E-state index is 11.8. The number of imide groups is 3. The average molecular weight is 468 g/mol. The second kappa shape index (κ2) is 12.3. The fourth-order valence-electron chi connectivity index (χ4n) is 2.88. The lowest BCUT2D eigenvalue weighted by atomic mass is 10.2. The number of barbiturate groups is 1. The van der Waals surface area contributed by atoms with Crippen LogP contribution in [0, 0.1) is 0 Å². The smallest absolute Gasteiger partial charge is 0.333 e. The Kier molecular flexibility index (Phi) is 9.45. The van der Waals surface area contributed by atoms with E-state index in [2.05, 4.69) is 10.2 Å². The van der Waals surface area contributed by atoms with Crippen LogP contribution >= 0.6 is 0 Å². The molecule has 14 heteroatoms. The number of ether oxygens (including phenoxy) is 1. The number of hydrogen-bond donors (Lipinski definition) is 2. The number of hydrogen-bond acceptors (Lipinski definition) is 10. The van der Waals surface area contributed by atoms with E-state index in [9.17, 15) is 38.4 Å². The fourth-order valence-corrected chi connectivity index (χ4v) is 2.88. The van der Waals surface area contributed by atoms with Crippen molar-refractivity contribution < 1.29 is 47.9 Å². The number of urea groups is 1. The highest BCUT2D eigenvalue weighted by Gasteiger charge is 2.33. The molecule has 2 fully saturated rings. The van der Waals surface area contributed by atoms with Gasteiger partial charge in [-0.25, -0.2) is 9.59 Å². The second-order valence-corrected chi connectivity index (χ2v) is 7.15. The molecule has 2 rings (SSSR count). The van der Waals surface area contributed by atoms with E-state index < -0.39 is 41.6 Å². The predicted molar refractivity (Wildman–Crippen MR) is 104 cm³/mol. The van der Waals surface area contributed by atoms with Crippen molar-refractivity contribution in [3.63, 3.8) is 0 Å². The molecule has 0 unspecified atom stereocenters. The zero-order valence-corrected chi connectivity index (χ0v) is 17.8. The molecule has 2 aliphatic heterocycles. The molecule has 2 aliphatic rings. The first-order valence-corrected chi connectivity index (χ1v) is 10.3. The zero-order chi connectivity index (χ0) is 24.4. The minimum atomic E-state index is -0.917. The van der Waals surface area contributed by atoms with E-state index in [1.54, 1.807) is 0 Å². The lowest BCUT2D eigenvalue weighted by molar-refractivity contribution is -0.197. The molecule has 0 saturated carbocycles. The molecule has 0 spiro atoms. The largest absolute Gasteiger partial charge is 0.464 e. The maximum absolute atomic E-state index is 11.8. The van der Waals surface area contributed by atoms with Crippen LogP contribution in [0.2, 0.25) is 0 Å². The summed E-state index contributed by atoms with van der Waals surface area (Å²) in [5.41, 5.74) is 0. The summed E-state index contributed by atoms with van der Waals surface area (Å²) in [6.45, 7) is 0.00544. The molecule has 7 amide bonds. The van der Waals surface area contributed by atoms with Gasteiger partial charge in [-0.15, -0.1) is 5.06 Å². The highest BCUT2D eigenvalue weighted by molar-refractivity contribution is 6.14. The number of hydroxylamine groups is 2. The first-order valence-electron chi connectivity index (χ1n) is 10.3. The lowest BCUT2D eigenvalue weighted by Crippen LogP contribution is -2.52. The Bertz CT molecular complexity index is 820. The van der Waals surface area contributed by atoms with Gasteiger partial charge in [-0.2, -0.15) is 0 Å². The summed E-state index contributed by atoms with van der Waals surface area (Å²) in [6.07, 6.45) is -0.262. The molecular formula is C19H24N4O10. The van der Waals surface area contributed by atoms with Gasteiger partial charge in [0.15, 0.2) is 0 Å². The Labute approximate surface area is 187 Å². The Balaban J connectivity index is 1.49. The quantitative estimate of drug-likeness (QED) is 0.150. The van der Waals surface area contributed by atoms with Crippen molar-refractivity contribution in [2.24, 2.45) is 0 Å². The fraction of sp³-hybridized carbons (Fsp3) is 0.579. The van der Waals surface area contributed by atoms with Gasteiger partial charge in [-0.1, -0.05) is 0 Å². The number of esters is 1. The molecule has 0 aromatic rings. The number of carbonyl (C=O) groups is 8. The summed E-state index contributed by atoms with van der Waals surface area (Å²) in [5.74, 6) is -4.42. The Morgan fingerprint density at radius 3 is 2.21 bits per heavy atom. The van der Waals surface area contributed by atoms with Crippen molar-refractivity contribution >= 4 is 47.5 Å². The third kappa shape index (κ3) is 8.31. The standard InChI is InChI=1S/C19H24N4O10/c24-12(3-1-2-9-22-16(28)11-13(25)21-19(22)31)20-8-10-32-17(29)6-7-18(30)33-23-14(26)4-5-15(23)27/h1-11H2,(H,20,24)(H,21,25,31). The number of nitrogens with zero attached hydrogens (tertiary/aromatic N) is 2. The van der Waals surface area contributed by atoms with E-state index >= 15 is 0 Å². The van der Waals surface area contributed by atoms with Crippen LogP contribution in [0.25, 0.3) is 0 Å². The molecule has 0 bridgehead atoms. The first-order chi connectivity index (χ1) is 15.7. The SMILES string of the molecule is O=C(CCCCN1C(=O)CC(=O)NC1=O)NCCOC(=O)CCC(=O)ON1C(=O)CCC1=O. The predicted octanol–water partition coefficient (Wildman–Crippen LogP) is -1.33. The van der Waals surface area contributed by atoms with Crippen LogP contribution in [-0.4, -0.2) is 77.2 Å². The Hall–Kier alpha value is -3.84. The molecule has 2 heterocycles. The molecule has 0 aliphatic carbocycles. The molecule has 14 nitrogen and oxygen atoms in total. The number of rotatable bonds is 12. The molecule has 180 valence electrons. The van der Waals surface area contributed by atoms with Crippen molar-refractivity contribution in [3.8, 4) is 0 Å². The monoisotopic (exact) mass is 468 g/mol.